The second-order valence-electron chi connectivity index (χ2n) is 6.79. The summed E-state index contributed by atoms with van der Waals surface area (Å²) in [5.41, 5.74) is 10.7. The summed E-state index contributed by atoms with van der Waals surface area (Å²) in [6.07, 6.45) is 2.02. The van der Waals surface area contributed by atoms with Gasteiger partial charge in [0.1, 0.15) is 17.5 Å². The Morgan fingerprint density at radius 2 is 1.87 bits per heavy atom. The number of anilines is 1. The van der Waals surface area contributed by atoms with Crippen molar-refractivity contribution in [3.8, 4) is 40.0 Å². The van der Waals surface area contributed by atoms with Gasteiger partial charge in [-0.25, -0.2) is 4.98 Å². The first kappa shape index (κ1) is 19.8. The van der Waals surface area contributed by atoms with Gasteiger partial charge >= 0.3 is 0 Å². The van der Waals surface area contributed by atoms with E-state index in [0.717, 1.165) is 22.0 Å². The molecule has 2 N–H and O–H groups in total. The quantitative estimate of drug-likeness (QED) is 0.453. The Morgan fingerprint density at radius 1 is 1.10 bits per heavy atom. The minimum absolute atomic E-state index is 0.184. The number of rotatable bonds is 4. The molecule has 0 bridgehead atoms. The van der Waals surface area contributed by atoms with E-state index in [1.54, 1.807) is 14.2 Å². The van der Waals surface area contributed by atoms with Gasteiger partial charge in [-0.15, -0.1) is 0 Å². The fourth-order valence-corrected chi connectivity index (χ4v) is 4.27. The molecule has 0 amide bonds. The van der Waals surface area contributed by atoms with Crippen LogP contribution >= 0.6 is 15.9 Å². The summed E-state index contributed by atoms with van der Waals surface area (Å²) < 4.78 is 13.6. The van der Waals surface area contributed by atoms with Crippen LogP contribution in [0.25, 0.3) is 33.3 Å². The number of aromatic nitrogens is 2. The molecule has 150 valence electrons. The molecule has 0 aliphatic carbocycles. The molecular weight excluding hydrogens is 444 g/mol. The van der Waals surface area contributed by atoms with E-state index < -0.39 is 0 Å². The highest BCUT2D eigenvalue weighted by molar-refractivity contribution is 9.10. The van der Waals surface area contributed by atoms with Crippen LogP contribution in [0.4, 0.5) is 5.82 Å². The number of para-hydroxylation sites is 1. The third kappa shape index (κ3) is 3.15. The maximum atomic E-state index is 9.75. The van der Waals surface area contributed by atoms with Crippen LogP contribution in [0.15, 0.2) is 53.1 Å². The second kappa shape index (κ2) is 7.73. The lowest BCUT2D eigenvalue weighted by molar-refractivity contribution is 0.353. The Kier molecular flexibility index (Phi) is 5.10. The Hall–Kier alpha value is -3.50. The summed E-state index contributed by atoms with van der Waals surface area (Å²) in [7, 11) is 5.14. The van der Waals surface area contributed by atoms with Crippen LogP contribution in [-0.2, 0) is 7.05 Å². The number of hydrogen-bond acceptors (Lipinski definition) is 5. The number of hydrogen-bond donors (Lipinski definition) is 1. The van der Waals surface area contributed by atoms with E-state index in [9.17, 15) is 5.26 Å². The van der Waals surface area contributed by atoms with Gasteiger partial charge in [-0.2, -0.15) is 5.26 Å². The second-order valence-corrected chi connectivity index (χ2v) is 7.65. The topological polar surface area (TPSA) is 86.1 Å². The Balaban J connectivity index is 1.99. The van der Waals surface area contributed by atoms with Crippen LogP contribution in [0.2, 0.25) is 0 Å². The smallest absolute Gasteiger partial charge is 0.174 e. The van der Waals surface area contributed by atoms with Crippen molar-refractivity contribution in [1.82, 2.24) is 9.55 Å². The number of ether oxygens (including phenoxy) is 2. The largest absolute Gasteiger partial charge is 0.493 e. The maximum absolute atomic E-state index is 9.75. The van der Waals surface area contributed by atoms with Crippen LogP contribution in [0, 0.1) is 11.3 Å². The molecule has 0 fully saturated rings. The predicted octanol–water partition coefficient (Wildman–Crippen LogP) is 5.14. The van der Waals surface area contributed by atoms with E-state index in [1.165, 1.54) is 0 Å². The number of benzene rings is 2. The summed E-state index contributed by atoms with van der Waals surface area (Å²) in [5, 5.41) is 10.8. The van der Waals surface area contributed by atoms with Crippen molar-refractivity contribution >= 4 is 32.7 Å². The SMILES string of the molecule is COc1cc(-c2cc(-c3cn(C)c4ccccc34)nc(N)c2C#N)cc(Br)c1OC. The Morgan fingerprint density at radius 3 is 2.57 bits per heavy atom. The Bertz CT molecular complexity index is 1320. The maximum Gasteiger partial charge on any atom is 0.174 e. The fraction of sp³-hybridized carbons (Fsp3) is 0.130. The van der Waals surface area contributed by atoms with Crippen LogP contribution in [-0.4, -0.2) is 23.8 Å². The fourth-order valence-electron chi connectivity index (χ4n) is 3.67. The van der Waals surface area contributed by atoms with E-state index >= 15 is 0 Å². The first-order valence-corrected chi connectivity index (χ1v) is 9.94. The number of nitrogens with zero attached hydrogens (tertiary/aromatic N) is 3. The minimum Gasteiger partial charge on any atom is -0.493 e. The van der Waals surface area contributed by atoms with Gasteiger partial charge in [-0.1, -0.05) is 18.2 Å². The van der Waals surface area contributed by atoms with E-state index in [4.69, 9.17) is 15.2 Å². The molecule has 4 aromatic rings. The molecule has 4 rings (SSSR count). The molecule has 0 spiro atoms. The number of nitrogen functional groups attached to an aromatic ring is 1. The zero-order valence-corrected chi connectivity index (χ0v) is 18.3. The molecule has 0 aliphatic heterocycles. The molecule has 0 radical (unpaired) electrons. The molecule has 2 aromatic carbocycles. The van der Waals surface area contributed by atoms with E-state index in [2.05, 4.69) is 33.0 Å². The van der Waals surface area contributed by atoms with Crippen molar-refractivity contribution in [2.45, 2.75) is 0 Å². The number of pyridine rings is 1. The predicted molar refractivity (Wildman–Crippen MR) is 122 cm³/mol. The molecule has 0 saturated heterocycles. The molecule has 7 heteroatoms. The molecule has 30 heavy (non-hydrogen) atoms. The van der Waals surface area contributed by atoms with Crippen molar-refractivity contribution < 1.29 is 9.47 Å². The molecule has 0 saturated carbocycles. The average Bonchev–Trinajstić information content (AvgIpc) is 3.09. The van der Waals surface area contributed by atoms with Gasteiger partial charge in [0.15, 0.2) is 11.5 Å². The molecule has 0 aliphatic rings. The van der Waals surface area contributed by atoms with Gasteiger partial charge < -0.3 is 19.8 Å². The molecular formula is C23H19BrN4O2. The number of halogens is 1. The van der Waals surface area contributed by atoms with Crippen LogP contribution < -0.4 is 15.2 Å². The molecule has 2 aromatic heterocycles. The van der Waals surface area contributed by atoms with Crippen LogP contribution in [0.5, 0.6) is 11.5 Å². The third-order valence-corrected chi connectivity index (χ3v) is 5.67. The zero-order chi connectivity index (χ0) is 21.4. The van der Waals surface area contributed by atoms with E-state index in [0.29, 0.717) is 32.8 Å². The average molecular weight is 463 g/mol. The Labute approximate surface area is 182 Å². The van der Waals surface area contributed by atoms with Crippen molar-refractivity contribution in [2.75, 3.05) is 20.0 Å². The lowest BCUT2D eigenvalue weighted by Crippen LogP contribution is -2.00. The van der Waals surface area contributed by atoms with Gasteiger partial charge in [-0.05, 0) is 45.8 Å². The summed E-state index contributed by atoms with van der Waals surface area (Å²) in [6.45, 7) is 0. The van der Waals surface area contributed by atoms with Crippen molar-refractivity contribution in [3.63, 3.8) is 0 Å². The van der Waals surface area contributed by atoms with Crippen LogP contribution in [0.3, 0.4) is 0 Å². The first-order valence-electron chi connectivity index (χ1n) is 9.15. The van der Waals surface area contributed by atoms with Crippen LogP contribution in [0.1, 0.15) is 5.56 Å². The number of nitriles is 1. The summed E-state index contributed by atoms with van der Waals surface area (Å²) in [5.74, 6) is 1.31. The lowest BCUT2D eigenvalue weighted by atomic mass is 9.98. The van der Waals surface area contributed by atoms with Gasteiger partial charge in [0.25, 0.3) is 0 Å². The number of nitrogens with two attached hydrogens (primary N) is 1. The summed E-state index contributed by atoms with van der Waals surface area (Å²) >= 11 is 3.52. The monoisotopic (exact) mass is 462 g/mol. The lowest BCUT2D eigenvalue weighted by Gasteiger charge is -2.14. The first-order chi connectivity index (χ1) is 14.5. The zero-order valence-electron chi connectivity index (χ0n) is 16.7. The third-order valence-electron chi connectivity index (χ3n) is 5.08. The van der Waals surface area contributed by atoms with Gasteiger partial charge in [0.2, 0.25) is 0 Å². The molecule has 2 heterocycles. The number of aryl methyl sites for hydroxylation is 1. The highest BCUT2D eigenvalue weighted by atomic mass is 79.9. The standard InChI is InChI=1S/C23H19BrN4O2/c1-28-12-17(14-6-4-5-7-20(14)28)19-10-15(16(11-25)23(26)27-19)13-8-18(24)22(30-3)21(9-13)29-2/h4-10,12H,1-3H3,(H2,26,27). The summed E-state index contributed by atoms with van der Waals surface area (Å²) in [6, 6.07) is 15.9. The molecule has 0 atom stereocenters. The van der Waals surface area contributed by atoms with Gasteiger partial charge in [-0.3, -0.25) is 0 Å². The minimum atomic E-state index is 0.184. The number of fused-ring (bicyclic) bond motifs is 1. The number of methoxy groups -OCH3 is 2. The molecule has 0 unspecified atom stereocenters. The van der Waals surface area contributed by atoms with Gasteiger partial charge in [0, 0.05) is 35.3 Å². The van der Waals surface area contributed by atoms with E-state index in [1.807, 2.05) is 54.2 Å². The van der Waals surface area contributed by atoms with Gasteiger partial charge in [0.05, 0.1) is 24.4 Å². The summed E-state index contributed by atoms with van der Waals surface area (Å²) in [4.78, 5) is 4.54. The molecule has 6 nitrogen and oxygen atoms in total. The van der Waals surface area contributed by atoms with Crippen molar-refractivity contribution in [3.05, 3.63) is 58.7 Å². The highest BCUT2D eigenvalue weighted by Gasteiger charge is 2.19. The van der Waals surface area contributed by atoms with E-state index in [-0.39, 0.29) is 5.82 Å². The highest BCUT2D eigenvalue weighted by Crippen LogP contribution is 2.42. The normalized spacial score (nSPS) is 10.8. The van der Waals surface area contributed by atoms with Crippen molar-refractivity contribution in [1.29, 1.82) is 5.26 Å². The van der Waals surface area contributed by atoms with Crippen molar-refractivity contribution in [2.24, 2.45) is 7.05 Å².